The lowest BCUT2D eigenvalue weighted by Gasteiger charge is -2.19. The Kier molecular flexibility index (Phi) is 5.72. The number of nitrogen functional groups attached to an aromatic ring is 1. The molecule has 0 aliphatic heterocycles. The highest BCUT2D eigenvalue weighted by molar-refractivity contribution is 6.03. The molecule has 0 radical (unpaired) electrons. The molecule has 176 valence electrons. The van der Waals surface area contributed by atoms with Crippen molar-refractivity contribution in [3.8, 4) is 17.5 Å². The summed E-state index contributed by atoms with van der Waals surface area (Å²) in [5.74, 6) is 5.06. The zero-order chi connectivity index (χ0) is 25.2. The van der Waals surface area contributed by atoms with Crippen LogP contribution >= 0.6 is 0 Å². The number of aromatic nitrogens is 5. The lowest BCUT2D eigenvalue weighted by Crippen LogP contribution is -2.34. The van der Waals surface area contributed by atoms with Crippen molar-refractivity contribution in [1.29, 1.82) is 0 Å². The largest absolute Gasteiger partial charge is 0.382 e. The minimum absolute atomic E-state index is 0.156. The number of fused-ring (bicyclic) bond motifs is 2. The van der Waals surface area contributed by atoms with Crippen LogP contribution in [0.2, 0.25) is 0 Å². The molecule has 4 N–H and O–H groups in total. The SMILES string of the molecule is CC(NC(=O)c1c(N)[nH][n+]2cccnc12)c1nc2cccc(C#CC=O)c2c(=O)n1-c1ccccc1. The first-order chi connectivity index (χ1) is 17.5. The van der Waals surface area contributed by atoms with Crippen molar-refractivity contribution < 1.29 is 14.1 Å². The third-order valence-electron chi connectivity index (χ3n) is 5.65. The molecule has 36 heavy (non-hydrogen) atoms. The number of nitrogens with two attached hydrogens (primary N) is 1. The molecule has 1 unspecified atom stereocenters. The zero-order valence-electron chi connectivity index (χ0n) is 19.1. The summed E-state index contributed by atoms with van der Waals surface area (Å²) in [7, 11) is 0. The molecular formula is C26H20N7O3+. The number of nitrogens with zero attached hydrogens (tertiary/aromatic N) is 4. The fourth-order valence-corrected chi connectivity index (χ4v) is 4.09. The molecule has 3 heterocycles. The van der Waals surface area contributed by atoms with E-state index in [4.69, 9.17) is 10.7 Å². The average molecular weight is 478 g/mol. The van der Waals surface area contributed by atoms with E-state index >= 15 is 0 Å². The summed E-state index contributed by atoms with van der Waals surface area (Å²) in [5.41, 5.74) is 7.58. The second kappa shape index (κ2) is 9.15. The maximum atomic E-state index is 13.8. The molecule has 1 amide bonds. The number of aldehydes is 1. The van der Waals surface area contributed by atoms with Crippen LogP contribution in [-0.2, 0) is 4.79 Å². The predicted octanol–water partition coefficient (Wildman–Crippen LogP) is 1.47. The number of hydrogen-bond donors (Lipinski definition) is 3. The van der Waals surface area contributed by atoms with E-state index < -0.39 is 11.9 Å². The topological polar surface area (TPSA) is 140 Å². The minimum atomic E-state index is -0.697. The first kappa shape index (κ1) is 22.5. The summed E-state index contributed by atoms with van der Waals surface area (Å²) in [6.45, 7) is 1.73. The Labute approximate surface area is 204 Å². The maximum absolute atomic E-state index is 13.8. The van der Waals surface area contributed by atoms with Crippen molar-refractivity contribution in [2.45, 2.75) is 13.0 Å². The second-order valence-corrected chi connectivity index (χ2v) is 7.94. The number of nitrogens with one attached hydrogen (secondary N) is 2. The van der Waals surface area contributed by atoms with Crippen molar-refractivity contribution >= 4 is 34.6 Å². The minimum Gasteiger partial charge on any atom is -0.382 e. The van der Waals surface area contributed by atoms with E-state index in [9.17, 15) is 14.4 Å². The van der Waals surface area contributed by atoms with E-state index in [1.807, 2.05) is 6.07 Å². The molecule has 2 aromatic carbocycles. The standard InChI is InChI=1S/C26H19N7O3/c1-16(29-25(35)21-22(27)31-32-14-7-13-28-24(21)32)23-30-19-12-5-8-17(9-6-15-34)20(19)26(36)33(23)18-10-3-2-4-11-18/h2-5,7-8,10-16H,1H3,(H3,27,29,31,35)/p+1. The number of amides is 1. The van der Waals surface area contributed by atoms with Crippen LogP contribution in [0, 0.1) is 11.8 Å². The van der Waals surface area contributed by atoms with Crippen LogP contribution in [0.3, 0.4) is 0 Å². The maximum Gasteiger partial charge on any atom is 0.362 e. The lowest BCUT2D eigenvalue weighted by molar-refractivity contribution is -0.577. The summed E-state index contributed by atoms with van der Waals surface area (Å²) < 4.78 is 2.98. The smallest absolute Gasteiger partial charge is 0.362 e. The number of aromatic amines is 1. The van der Waals surface area contributed by atoms with Crippen LogP contribution in [0.15, 0.2) is 71.8 Å². The number of carbonyl (C=O) groups is 2. The van der Waals surface area contributed by atoms with Gasteiger partial charge in [-0.25, -0.2) is 10.1 Å². The molecule has 0 aliphatic carbocycles. The van der Waals surface area contributed by atoms with E-state index in [0.29, 0.717) is 34.5 Å². The summed E-state index contributed by atoms with van der Waals surface area (Å²) >= 11 is 0. The normalized spacial score (nSPS) is 11.6. The Morgan fingerprint density at radius 2 is 2.00 bits per heavy atom. The van der Waals surface area contributed by atoms with E-state index in [1.54, 1.807) is 72.4 Å². The Morgan fingerprint density at radius 1 is 1.19 bits per heavy atom. The highest BCUT2D eigenvalue weighted by atomic mass is 16.2. The number of para-hydroxylation sites is 1. The van der Waals surface area contributed by atoms with Crippen LogP contribution in [-0.4, -0.2) is 31.8 Å². The van der Waals surface area contributed by atoms with Gasteiger partial charge in [0.05, 0.1) is 22.6 Å². The highest BCUT2D eigenvalue weighted by Crippen LogP contribution is 2.21. The van der Waals surface area contributed by atoms with Gasteiger partial charge in [0.1, 0.15) is 18.2 Å². The summed E-state index contributed by atoms with van der Waals surface area (Å²) in [5, 5.41) is 6.05. The number of rotatable bonds is 4. The summed E-state index contributed by atoms with van der Waals surface area (Å²) in [6, 6.07) is 15.0. The van der Waals surface area contributed by atoms with Gasteiger partial charge in [0, 0.05) is 11.6 Å². The first-order valence-electron chi connectivity index (χ1n) is 11.0. The van der Waals surface area contributed by atoms with Gasteiger partial charge in [-0.1, -0.05) is 30.2 Å². The van der Waals surface area contributed by atoms with E-state index in [1.165, 1.54) is 4.57 Å². The van der Waals surface area contributed by atoms with E-state index in [2.05, 4.69) is 27.2 Å². The van der Waals surface area contributed by atoms with Crippen molar-refractivity contribution in [1.82, 2.24) is 25.0 Å². The van der Waals surface area contributed by atoms with Crippen LogP contribution in [0.5, 0.6) is 0 Å². The lowest BCUT2D eigenvalue weighted by atomic mass is 10.1. The average Bonchev–Trinajstić information content (AvgIpc) is 3.23. The molecule has 10 nitrogen and oxygen atoms in total. The number of H-pyrrole nitrogens is 1. The molecular weight excluding hydrogens is 458 g/mol. The first-order valence-corrected chi connectivity index (χ1v) is 11.0. The highest BCUT2D eigenvalue weighted by Gasteiger charge is 2.27. The van der Waals surface area contributed by atoms with Gasteiger partial charge >= 0.3 is 5.65 Å². The quantitative estimate of drug-likeness (QED) is 0.203. The van der Waals surface area contributed by atoms with Crippen LogP contribution in [0.1, 0.15) is 34.7 Å². The van der Waals surface area contributed by atoms with Crippen molar-refractivity contribution in [2.75, 3.05) is 5.73 Å². The molecule has 0 fully saturated rings. The third-order valence-corrected chi connectivity index (χ3v) is 5.65. The number of anilines is 1. The zero-order valence-corrected chi connectivity index (χ0v) is 19.1. The van der Waals surface area contributed by atoms with Gasteiger partial charge in [0.25, 0.3) is 11.5 Å². The summed E-state index contributed by atoms with van der Waals surface area (Å²) in [6.07, 6.45) is 3.73. The van der Waals surface area contributed by atoms with Gasteiger partial charge in [-0.15, -0.1) is 4.52 Å². The Morgan fingerprint density at radius 3 is 2.78 bits per heavy atom. The fourth-order valence-electron chi connectivity index (χ4n) is 4.09. The Hall–Kier alpha value is -5.30. The second-order valence-electron chi connectivity index (χ2n) is 7.94. The van der Waals surface area contributed by atoms with Gasteiger partial charge in [0.2, 0.25) is 0 Å². The van der Waals surface area contributed by atoms with Crippen LogP contribution < -0.4 is 21.1 Å². The van der Waals surface area contributed by atoms with Crippen LogP contribution in [0.4, 0.5) is 5.82 Å². The number of carbonyl (C=O) groups excluding carboxylic acids is 2. The monoisotopic (exact) mass is 478 g/mol. The third kappa shape index (κ3) is 3.84. The molecule has 3 aromatic heterocycles. The van der Waals surface area contributed by atoms with Crippen molar-refractivity contribution in [3.05, 3.63) is 94.3 Å². The van der Waals surface area contributed by atoms with Gasteiger partial charge in [-0.3, -0.25) is 19.0 Å². The summed E-state index contributed by atoms with van der Waals surface area (Å²) in [4.78, 5) is 46.8. The Bertz CT molecular complexity index is 1760. The number of hydrogen-bond acceptors (Lipinski definition) is 6. The molecule has 0 bridgehead atoms. The Balaban J connectivity index is 1.66. The van der Waals surface area contributed by atoms with Gasteiger partial charge in [-0.2, -0.15) is 0 Å². The fraction of sp³-hybridized carbons (Fsp3) is 0.0769. The molecule has 10 heteroatoms. The molecule has 5 aromatic rings. The van der Waals surface area contributed by atoms with Gasteiger partial charge in [0.15, 0.2) is 17.7 Å². The van der Waals surface area contributed by atoms with Gasteiger partial charge < -0.3 is 11.1 Å². The molecule has 5 rings (SSSR count). The van der Waals surface area contributed by atoms with Gasteiger partial charge in [-0.05, 0) is 42.1 Å². The van der Waals surface area contributed by atoms with Crippen LogP contribution in [0.25, 0.3) is 22.2 Å². The molecule has 0 aliphatic rings. The predicted molar refractivity (Wildman–Crippen MR) is 132 cm³/mol. The number of benzene rings is 2. The van der Waals surface area contributed by atoms with E-state index in [0.717, 1.165) is 0 Å². The molecule has 0 spiro atoms. The molecule has 1 atom stereocenters. The van der Waals surface area contributed by atoms with Crippen molar-refractivity contribution in [2.24, 2.45) is 0 Å². The van der Waals surface area contributed by atoms with E-state index in [-0.39, 0.29) is 22.3 Å². The molecule has 0 saturated heterocycles. The van der Waals surface area contributed by atoms with Crippen molar-refractivity contribution in [3.63, 3.8) is 0 Å². The molecule has 0 saturated carbocycles.